The van der Waals surface area contributed by atoms with Gasteiger partial charge in [-0.15, -0.1) is 0 Å². The van der Waals surface area contributed by atoms with Gasteiger partial charge in [-0.05, 0) is 30.7 Å². The summed E-state index contributed by atoms with van der Waals surface area (Å²) in [7, 11) is 0. The molecule has 0 atom stereocenters. The standard InChI is InChI=1S/C12H16FNO/c1-8-6-9(13)4-5-10(8)11(15)12(2,3)7-14/h4-6H,7,14H2,1-3H3. The van der Waals surface area contributed by atoms with E-state index in [9.17, 15) is 9.18 Å². The molecule has 1 aromatic rings. The molecule has 0 unspecified atom stereocenters. The van der Waals surface area contributed by atoms with E-state index in [-0.39, 0.29) is 18.1 Å². The third-order valence-electron chi connectivity index (χ3n) is 2.56. The summed E-state index contributed by atoms with van der Waals surface area (Å²) in [5, 5.41) is 0. The van der Waals surface area contributed by atoms with Gasteiger partial charge in [-0.25, -0.2) is 4.39 Å². The number of carbonyl (C=O) groups is 1. The molecule has 0 heterocycles. The van der Waals surface area contributed by atoms with Crippen molar-refractivity contribution in [3.63, 3.8) is 0 Å². The highest BCUT2D eigenvalue weighted by Gasteiger charge is 2.27. The molecule has 0 amide bonds. The Balaban J connectivity index is 3.12. The first-order chi connectivity index (χ1) is 6.88. The number of carbonyl (C=O) groups excluding carboxylic acids is 1. The lowest BCUT2D eigenvalue weighted by atomic mass is 9.83. The van der Waals surface area contributed by atoms with Crippen LogP contribution in [-0.4, -0.2) is 12.3 Å². The van der Waals surface area contributed by atoms with Gasteiger partial charge in [0.25, 0.3) is 0 Å². The fourth-order valence-electron chi connectivity index (χ4n) is 1.34. The molecule has 0 aromatic heterocycles. The molecule has 0 aliphatic carbocycles. The Morgan fingerprint density at radius 2 is 2.07 bits per heavy atom. The number of Topliss-reactive ketones (excluding diaryl/α,β-unsaturated/α-hetero) is 1. The van der Waals surface area contributed by atoms with E-state index < -0.39 is 5.41 Å². The van der Waals surface area contributed by atoms with Gasteiger partial charge in [-0.3, -0.25) is 4.79 Å². The van der Waals surface area contributed by atoms with Crippen LogP contribution in [0.15, 0.2) is 18.2 Å². The van der Waals surface area contributed by atoms with Crippen molar-refractivity contribution in [1.82, 2.24) is 0 Å². The Morgan fingerprint density at radius 1 is 1.47 bits per heavy atom. The molecule has 2 nitrogen and oxygen atoms in total. The molecule has 15 heavy (non-hydrogen) atoms. The van der Waals surface area contributed by atoms with E-state index in [0.717, 1.165) is 0 Å². The average molecular weight is 209 g/mol. The summed E-state index contributed by atoms with van der Waals surface area (Å²) in [5.41, 5.74) is 6.14. The minimum absolute atomic E-state index is 0.0394. The van der Waals surface area contributed by atoms with Gasteiger partial charge in [0, 0.05) is 17.5 Å². The van der Waals surface area contributed by atoms with Crippen molar-refractivity contribution in [1.29, 1.82) is 0 Å². The van der Waals surface area contributed by atoms with Gasteiger partial charge < -0.3 is 5.73 Å². The van der Waals surface area contributed by atoms with Gasteiger partial charge >= 0.3 is 0 Å². The number of hydrogen-bond donors (Lipinski definition) is 1. The Hall–Kier alpha value is -1.22. The van der Waals surface area contributed by atoms with Crippen LogP contribution in [0, 0.1) is 18.2 Å². The average Bonchev–Trinajstić information content (AvgIpc) is 2.17. The number of aryl methyl sites for hydroxylation is 1. The van der Waals surface area contributed by atoms with E-state index in [4.69, 9.17) is 5.73 Å². The van der Waals surface area contributed by atoms with Crippen molar-refractivity contribution >= 4 is 5.78 Å². The monoisotopic (exact) mass is 209 g/mol. The van der Waals surface area contributed by atoms with E-state index >= 15 is 0 Å². The SMILES string of the molecule is Cc1cc(F)ccc1C(=O)C(C)(C)CN. The highest BCUT2D eigenvalue weighted by Crippen LogP contribution is 2.22. The van der Waals surface area contributed by atoms with Crippen LogP contribution in [0.2, 0.25) is 0 Å². The molecule has 0 fully saturated rings. The van der Waals surface area contributed by atoms with Crippen molar-refractivity contribution in [2.75, 3.05) is 6.54 Å². The molecular formula is C12H16FNO. The van der Waals surface area contributed by atoms with Gasteiger partial charge in [0.15, 0.2) is 5.78 Å². The second-order valence-electron chi connectivity index (χ2n) is 4.38. The number of hydrogen-bond acceptors (Lipinski definition) is 2. The summed E-state index contributed by atoms with van der Waals surface area (Å²) >= 11 is 0. The van der Waals surface area contributed by atoms with Gasteiger partial charge in [0.05, 0.1) is 0 Å². The molecule has 0 radical (unpaired) electrons. The van der Waals surface area contributed by atoms with Crippen molar-refractivity contribution < 1.29 is 9.18 Å². The van der Waals surface area contributed by atoms with E-state index in [1.807, 2.05) is 0 Å². The highest BCUT2D eigenvalue weighted by atomic mass is 19.1. The van der Waals surface area contributed by atoms with Crippen LogP contribution >= 0.6 is 0 Å². The fraction of sp³-hybridized carbons (Fsp3) is 0.417. The molecule has 2 N–H and O–H groups in total. The van der Waals surface area contributed by atoms with Crippen LogP contribution < -0.4 is 5.73 Å². The lowest BCUT2D eigenvalue weighted by molar-refractivity contribution is 0.0847. The lowest BCUT2D eigenvalue weighted by Crippen LogP contribution is -2.33. The Labute approximate surface area is 89.3 Å². The van der Waals surface area contributed by atoms with Gasteiger partial charge in [0.2, 0.25) is 0 Å². The summed E-state index contributed by atoms with van der Waals surface area (Å²) in [6.07, 6.45) is 0. The molecule has 0 saturated carbocycles. The van der Waals surface area contributed by atoms with Gasteiger partial charge in [-0.1, -0.05) is 13.8 Å². The predicted molar refractivity (Wildman–Crippen MR) is 58.3 cm³/mol. The number of nitrogens with two attached hydrogens (primary N) is 1. The fourth-order valence-corrected chi connectivity index (χ4v) is 1.34. The van der Waals surface area contributed by atoms with Gasteiger partial charge in [-0.2, -0.15) is 0 Å². The summed E-state index contributed by atoms with van der Waals surface area (Å²) < 4.78 is 12.9. The second-order valence-corrected chi connectivity index (χ2v) is 4.38. The number of halogens is 1. The van der Waals surface area contributed by atoms with Crippen molar-refractivity contribution in [3.05, 3.63) is 35.1 Å². The summed E-state index contributed by atoms with van der Waals surface area (Å²) in [6, 6.07) is 4.18. The molecule has 1 rings (SSSR count). The Morgan fingerprint density at radius 3 is 2.53 bits per heavy atom. The summed E-state index contributed by atoms with van der Waals surface area (Å²) in [6.45, 7) is 5.59. The molecule has 0 aliphatic rings. The first-order valence-electron chi connectivity index (χ1n) is 4.89. The van der Waals surface area contributed by atoms with Crippen molar-refractivity contribution in [3.8, 4) is 0 Å². The van der Waals surface area contributed by atoms with Crippen LogP contribution in [0.5, 0.6) is 0 Å². The number of benzene rings is 1. The van der Waals surface area contributed by atoms with Crippen LogP contribution in [-0.2, 0) is 0 Å². The normalized spacial score (nSPS) is 11.5. The summed E-state index contributed by atoms with van der Waals surface area (Å²) in [4.78, 5) is 12.0. The second kappa shape index (κ2) is 4.11. The van der Waals surface area contributed by atoms with Crippen LogP contribution in [0.25, 0.3) is 0 Å². The first-order valence-corrected chi connectivity index (χ1v) is 4.89. The number of rotatable bonds is 3. The molecule has 0 aliphatic heterocycles. The summed E-state index contributed by atoms with van der Waals surface area (Å²) in [5.74, 6) is -0.364. The molecule has 3 heteroatoms. The zero-order chi connectivity index (χ0) is 11.6. The number of ketones is 1. The highest BCUT2D eigenvalue weighted by molar-refractivity contribution is 6.01. The molecular weight excluding hydrogens is 193 g/mol. The third-order valence-corrected chi connectivity index (χ3v) is 2.56. The lowest BCUT2D eigenvalue weighted by Gasteiger charge is -2.21. The van der Waals surface area contributed by atoms with Gasteiger partial charge in [0.1, 0.15) is 5.82 Å². The van der Waals surface area contributed by atoms with E-state index in [1.54, 1.807) is 20.8 Å². The Kier molecular flexibility index (Phi) is 3.25. The van der Waals surface area contributed by atoms with Crippen molar-refractivity contribution in [2.24, 2.45) is 11.1 Å². The van der Waals surface area contributed by atoms with Crippen molar-refractivity contribution in [2.45, 2.75) is 20.8 Å². The molecule has 1 aromatic carbocycles. The van der Waals surface area contributed by atoms with Crippen LogP contribution in [0.4, 0.5) is 4.39 Å². The minimum Gasteiger partial charge on any atom is -0.329 e. The largest absolute Gasteiger partial charge is 0.329 e. The topological polar surface area (TPSA) is 43.1 Å². The van der Waals surface area contributed by atoms with Crippen LogP contribution in [0.3, 0.4) is 0 Å². The maximum Gasteiger partial charge on any atom is 0.169 e. The van der Waals surface area contributed by atoms with E-state index in [1.165, 1.54) is 18.2 Å². The third kappa shape index (κ3) is 2.42. The quantitative estimate of drug-likeness (QED) is 0.776. The zero-order valence-electron chi connectivity index (χ0n) is 9.30. The smallest absolute Gasteiger partial charge is 0.169 e. The van der Waals surface area contributed by atoms with Crippen LogP contribution in [0.1, 0.15) is 29.8 Å². The first kappa shape index (κ1) is 11.9. The molecule has 0 saturated heterocycles. The molecule has 82 valence electrons. The predicted octanol–water partition coefficient (Wildman–Crippen LogP) is 2.30. The Bertz CT molecular complexity index is 385. The van der Waals surface area contributed by atoms with E-state index in [2.05, 4.69) is 0 Å². The molecule has 0 spiro atoms. The molecule has 0 bridgehead atoms. The van der Waals surface area contributed by atoms with E-state index in [0.29, 0.717) is 11.1 Å². The zero-order valence-corrected chi connectivity index (χ0v) is 9.30. The minimum atomic E-state index is -0.595. The maximum absolute atomic E-state index is 12.9. The maximum atomic E-state index is 12.9.